The minimum absolute atomic E-state index is 0.149. The molecule has 0 radical (unpaired) electrons. The zero-order valence-corrected chi connectivity index (χ0v) is 11.8. The lowest BCUT2D eigenvalue weighted by molar-refractivity contribution is -0.150. The molecule has 112 valence electrons. The standard InChI is InChI=1S/C14H22N2O4/c1-2-9-5-7-14(8-6-9,13(19)20)16-12(18)10-3-4-11(17)15-10/h9-10H,2-8H2,1H3,(H,15,17)(H,16,18)(H,19,20)/t9?,10-,14?/m0/s1. The lowest BCUT2D eigenvalue weighted by Gasteiger charge is -2.37. The van der Waals surface area contributed by atoms with Crippen LogP contribution >= 0.6 is 0 Å². The van der Waals surface area contributed by atoms with E-state index in [0.717, 1.165) is 19.3 Å². The summed E-state index contributed by atoms with van der Waals surface area (Å²) in [6.45, 7) is 2.10. The monoisotopic (exact) mass is 282 g/mol. The van der Waals surface area contributed by atoms with Gasteiger partial charge in [-0.2, -0.15) is 0 Å². The summed E-state index contributed by atoms with van der Waals surface area (Å²) in [5.74, 6) is -0.937. The van der Waals surface area contributed by atoms with Crippen LogP contribution in [0.15, 0.2) is 0 Å². The van der Waals surface area contributed by atoms with Gasteiger partial charge in [-0.15, -0.1) is 0 Å². The third-order valence-corrected chi connectivity index (χ3v) is 4.62. The Labute approximate surface area is 118 Å². The van der Waals surface area contributed by atoms with Gasteiger partial charge in [-0.3, -0.25) is 9.59 Å². The molecule has 0 aromatic heterocycles. The molecule has 2 fully saturated rings. The summed E-state index contributed by atoms with van der Waals surface area (Å²) in [5.41, 5.74) is -1.16. The maximum atomic E-state index is 12.1. The summed E-state index contributed by atoms with van der Waals surface area (Å²) in [4.78, 5) is 34.9. The van der Waals surface area contributed by atoms with Crippen LogP contribution in [0.2, 0.25) is 0 Å². The SMILES string of the molecule is CCC1CCC(NC(=O)[C@@H]2CCC(=O)N2)(C(=O)O)CC1. The molecule has 1 saturated heterocycles. The van der Waals surface area contributed by atoms with Crippen LogP contribution in [0.1, 0.15) is 51.9 Å². The van der Waals surface area contributed by atoms with E-state index in [0.29, 0.717) is 31.6 Å². The van der Waals surface area contributed by atoms with Crippen LogP contribution in [0, 0.1) is 5.92 Å². The Balaban J connectivity index is 2.01. The Kier molecular flexibility index (Phi) is 4.30. The summed E-state index contributed by atoms with van der Waals surface area (Å²) in [6.07, 6.45) is 4.39. The van der Waals surface area contributed by atoms with Gasteiger partial charge in [-0.1, -0.05) is 13.3 Å². The fraction of sp³-hybridized carbons (Fsp3) is 0.786. The van der Waals surface area contributed by atoms with Gasteiger partial charge in [0.15, 0.2) is 0 Å². The quantitative estimate of drug-likeness (QED) is 0.711. The fourth-order valence-electron chi connectivity index (χ4n) is 3.10. The van der Waals surface area contributed by atoms with E-state index in [1.165, 1.54) is 0 Å². The molecular formula is C14H22N2O4. The maximum absolute atomic E-state index is 12.1. The largest absolute Gasteiger partial charge is 0.480 e. The minimum atomic E-state index is -1.16. The Bertz CT molecular complexity index is 413. The lowest BCUT2D eigenvalue weighted by atomic mass is 9.75. The van der Waals surface area contributed by atoms with Gasteiger partial charge in [0, 0.05) is 6.42 Å². The van der Waals surface area contributed by atoms with Crippen LogP contribution < -0.4 is 10.6 Å². The fourth-order valence-corrected chi connectivity index (χ4v) is 3.10. The molecule has 2 aliphatic rings. The predicted molar refractivity (Wildman–Crippen MR) is 71.9 cm³/mol. The molecule has 2 rings (SSSR count). The van der Waals surface area contributed by atoms with Crippen molar-refractivity contribution < 1.29 is 19.5 Å². The molecule has 1 aliphatic heterocycles. The second kappa shape index (κ2) is 5.81. The van der Waals surface area contributed by atoms with Crippen molar-refractivity contribution in [3.05, 3.63) is 0 Å². The molecule has 0 bridgehead atoms. The number of carboxylic acids is 1. The van der Waals surface area contributed by atoms with Gasteiger partial charge in [-0.25, -0.2) is 4.79 Å². The first kappa shape index (κ1) is 14.8. The topological polar surface area (TPSA) is 95.5 Å². The molecule has 0 spiro atoms. The molecule has 2 amide bonds. The lowest BCUT2D eigenvalue weighted by Crippen LogP contribution is -2.59. The third kappa shape index (κ3) is 2.94. The van der Waals surface area contributed by atoms with E-state index < -0.39 is 17.6 Å². The van der Waals surface area contributed by atoms with Crippen LogP contribution in [0.5, 0.6) is 0 Å². The van der Waals surface area contributed by atoms with Gasteiger partial charge in [-0.05, 0) is 38.0 Å². The van der Waals surface area contributed by atoms with E-state index in [-0.39, 0.29) is 11.8 Å². The van der Waals surface area contributed by atoms with E-state index >= 15 is 0 Å². The normalized spacial score (nSPS) is 33.5. The van der Waals surface area contributed by atoms with E-state index in [1.54, 1.807) is 0 Å². The first-order valence-electron chi connectivity index (χ1n) is 7.31. The summed E-state index contributed by atoms with van der Waals surface area (Å²) >= 11 is 0. The van der Waals surface area contributed by atoms with Crippen molar-refractivity contribution in [2.75, 3.05) is 0 Å². The van der Waals surface area contributed by atoms with Crippen molar-refractivity contribution >= 4 is 17.8 Å². The molecule has 0 aromatic carbocycles. The number of carbonyl (C=O) groups excluding carboxylic acids is 2. The van der Waals surface area contributed by atoms with Gasteiger partial charge in [0.1, 0.15) is 11.6 Å². The second-order valence-electron chi connectivity index (χ2n) is 5.89. The predicted octanol–water partition coefficient (Wildman–Crippen LogP) is 0.805. The summed E-state index contributed by atoms with van der Waals surface area (Å²) in [5, 5.41) is 14.8. The number of amides is 2. The van der Waals surface area contributed by atoms with Crippen LogP contribution in [-0.2, 0) is 14.4 Å². The minimum Gasteiger partial charge on any atom is -0.480 e. The van der Waals surface area contributed by atoms with Crippen LogP contribution in [0.4, 0.5) is 0 Å². The number of aliphatic carboxylic acids is 1. The Morgan fingerprint density at radius 1 is 1.35 bits per heavy atom. The van der Waals surface area contributed by atoms with E-state index in [2.05, 4.69) is 17.6 Å². The zero-order chi connectivity index (χ0) is 14.8. The number of nitrogens with one attached hydrogen (secondary N) is 2. The summed E-state index contributed by atoms with van der Waals surface area (Å²) < 4.78 is 0. The highest BCUT2D eigenvalue weighted by atomic mass is 16.4. The van der Waals surface area contributed by atoms with Gasteiger partial charge >= 0.3 is 5.97 Å². The molecular weight excluding hydrogens is 260 g/mol. The first-order valence-corrected chi connectivity index (χ1v) is 7.31. The Hall–Kier alpha value is -1.59. The Morgan fingerprint density at radius 2 is 2.00 bits per heavy atom. The molecule has 6 heteroatoms. The van der Waals surface area contributed by atoms with Crippen molar-refractivity contribution in [2.24, 2.45) is 5.92 Å². The number of rotatable bonds is 4. The number of hydrogen-bond donors (Lipinski definition) is 3. The molecule has 1 aliphatic carbocycles. The highest BCUT2D eigenvalue weighted by Crippen LogP contribution is 2.34. The molecule has 3 N–H and O–H groups in total. The molecule has 0 aromatic rings. The zero-order valence-electron chi connectivity index (χ0n) is 11.8. The van der Waals surface area contributed by atoms with Gasteiger partial charge in [0.05, 0.1) is 0 Å². The van der Waals surface area contributed by atoms with Crippen molar-refractivity contribution in [2.45, 2.75) is 63.5 Å². The van der Waals surface area contributed by atoms with E-state index in [4.69, 9.17) is 0 Å². The average molecular weight is 282 g/mol. The molecule has 20 heavy (non-hydrogen) atoms. The van der Waals surface area contributed by atoms with Crippen molar-refractivity contribution in [3.63, 3.8) is 0 Å². The van der Waals surface area contributed by atoms with Gasteiger partial charge in [0.2, 0.25) is 11.8 Å². The van der Waals surface area contributed by atoms with Crippen LogP contribution in [0.3, 0.4) is 0 Å². The smallest absolute Gasteiger partial charge is 0.329 e. The van der Waals surface area contributed by atoms with Gasteiger partial charge in [0.25, 0.3) is 0 Å². The molecule has 6 nitrogen and oxygen atoms in total. The average Bonchev–Trinajstić information content (AvgIpc) is 2.86. The first-order chi connectivity index (χ1) is 9.47. The molecule has 1 heterocycles. The van der Waals surface area contributed by atoms with Crippen molar-refractivity contribution in [1.82, 2.24) is 10.6 Å². The number of carbonyl (C=O) groups is 3. The van der Waals surface area contributed by atoms with E-state index in [9.17, 15) is 19.5 Å². The van der Waals surface area contributed by atoms with Crippen molar-refractivity contribution in [3.8, 4) is 0 Å². The Morgan fingerprint density at radius 3 is 2.45 bits per heavy atom. The second-order valence-corrected chi connectivity index (χ2v) is 5.89. The van der Waals surface area contributed by atoms with Crippen LogP contribution in [-0.4, -0.2) is 34.5 Å². The summed E-state index contributed by atoms with van der Waals surface area (Å²) in [6, 6.07) is -0.581. The highest BCUT2D eigenvalue weighted by Gasteiger charge is 2.44. The number of carboxylic acid groups (broad SMARTS) is 1. The summed E-state index contributed by atoms with van der Waals surface area (Å²) in [7, 11) is 0. The van der Waals surface area contributed by atoms with Crippen molar-refractivity contribution in [1.29, 1.82) is 0 Å². The van der Waals surface area contributed by atoms with Crippen LogP contribution in [0.25, 0.3) is 0 Å². The third-order valence-electron chi connectivity index (χ3n) is 4.62. The number of hydrogen-bond acceptors (Lipinski definition) is 3. The molecule has 1 atom stereocenters. The highest BCUT2D eigenvalue weighted by molar-refractivity contribution is 5.94. The molecule has 0 unspecified atom stereocenters. The maximum Gasteiger partial charge on any atom is 0.329 e. The molecule has 1 saturated carbocycles. The van der Waals surface area contributed by atoms with Gasteiger partial charge < -0.3 is 15.7 Å². The van der Waals surface area contributed by atoms with E-state index in [1.807, 2.05) is 0 Å².